The van der Waals surface area contributed by atoms with Gasteiger partial charge in [0, 0.05) is 6.07 Å². The molecule has 2 heterocycles. The van der Waals surface area contributed by atoms with Gasteiger partial charge in [0.15, 0.2) is 15.5 Å². The van der Waals surface area contributed by atoms with Crippen LogP contribution < -0.4 is 5.56 Å². The van der Waals surface area contributed by atoms with Crippen molar-refractivity contribution in [3.63, 3.8) is 0 Å². The minimum Gasteiger partial charge on any atom is -0.476 e. The Morgan fingerprint density at radius 3 is 2.71 bits per heavy atom. The van der Waals surface area contributed by atoms with Crippen molar-refractivity contribution in [2.75, 3.05) is 11.5 Å². The van der Waals surface area contributed by atoms with Gasteiger partial charge in [-0.2, -0.15) is 5.10 Å². The molecule has 0 aliphatic carbocycles. The second-order valence-electron chi connectivity index (χ2n) is 3.86. The van der Waals surface area contributed by atoms with E-state index < -0.39 is 27.4 Å². The Morgan fingerprint density at radius 1 is 1.47 bits per heavy atom. The summed E-state index contributed by atoms with van der Waals surface area (Å²) in [5, 5.41) is 12.4. The number of rotatable bonds is 2. The Hall–Kier alpha value is -1.70. The van der Waals surface area contributed by atoms with E-state index in [1.807, 2.05) is 0 Å². The average Bonchev–Trinajstić information content (AvgIpc) is 2.59. The number of carbonyl (C=O) groups is 1. The molecule has 7 nitrogen and oxygen atoms in total. The monoisotopic (exact) mass is 258 g/mol. The lowest BCUT2D eigenvalue weighted by Gasteiger charge is -2.10. The number of nitrogens with zero attached hydrogens (tertiary/aromatic N) is 2. The van der Waals surface area contributed by atoms with Gasteiger partial charge in [-0.3, -0.25) is 4.79 Å². The van der Waals surface area contributed by atoms with Crippen LogP contribution in [0.3, 0.4) is 0 Å². The van der Waals surface area contributed by atoms with Crippen LogP contribution in [0.4, 0.5) is 0 Å². The van der Waals surface area contributed by atoms with Crippen molar-refractivity contribution >= 4 is 15.8 Å². The first-order valence-corrected chi connectivity index (χ1v) is 6.75. The molecule has 0 bridgehead atoms. The lowest BCUT2D eigenvalue weighted by atomic mass is 10.2. The molecule has 0 radical (unpaired) electrons. The van der Waals surface area contributed by atoms with Gasteiger partial charge in [-0.1, -0.05) is 0 Å². The van der Waals surface area contributed by atoms with Crippen molar-refractivity contribution in [2.24, 2.45) is 0 Å². The third kappa shape index (κ3) is 2.36. The molecule has 1 aromatic rings. The third-order valence-electron chi connectivity index (χ3n) is 2.60. The van der Waals surface area contributed by atoms with Gasteiger partial charge in [0.2, 0.25) is 0 Å². The molecule has 8 heteroatoms. The zero-order valence-electron chi connectivity index (χ0n) is 8.74. The number of hydrogen-bond acceptors (Lipinski definition) is 5. The SMILES string of the molecule is O=C(O)c1ccc(=O)n(C2CCS(=O)(=O)C2)n1. The van der Waals surface area contributed by atoms with E-state index in [4.69, 9.17) is 5.11 Å². The van der Waals surface area contributed by atoms with Crippen LogP contribution in [0, 0.1) is 0 Å². The second kappa shape index (κ2) is 3.95. The van der Waals surface area contributed by atoms with Crippen LogP contribution in [0.1, 0.15) is 23.0 Å². The molecular formula is C9H10N2O5S. The number of carboxylic acid groups (broad SMARTS) is 1. The highest BCUT2D eigenvalue weighted by Gasteiger charge is 2.30. The average molecular weight is 258 g/mol. The van der Waals surface area contributed by atoms with Crippen LogP contribution in [0.5, 0.6) is 0 Å². The number of hydrogen-bond donors (Lipinski definition) is 1. The summed E-state index contributed by atoms with van der Waals surface area (Å²) in [7, 11) is -3.14. The number of sulfone groups is 1. The van der Waals surface area contributed by atoms with Crippen molar-refractivity contribution in [3.8, 4) is 0 Å². The Morgan fingerprint density at radius 2 is 2.18 bits per heavy atom. The first-order valence-electron chi connectivity index (χ1n) is 4.93. The van der Waals surface area contributed by atoms with Crippen molar-refractivity contribution in [2.45, 2.75) is 12.5 Å². The van der Waals surface area contributed by atoms with Gasteiger partial charge in [0.25, 0.3) is 5.56 Å². The molecule has 1 unspecified atom stereocenters. The molecule has 1 atom stereocenters. The molecule has 1 saturated heterocycles. The van der Waals surface area contributed by atoms with Gasteiger partial charge in [-0.05, 0) is 12.5 Å². The largest absolute Gasteiger partial charge is 0.476 e. The quantitative estimate of drug-likeness (QED) is 0.751. The first-order chi connectivity index (χ1) is 7.89. The van der Waals surface area contributed by atoms with E-state index in [1.165, 1.54) is 0 Å². The first kappa shape index (κ1) is 11.8. The molecule has 0 spiro atoms. The van der Waals surface area contributed by atoms with E-state index in [0.717, 1.165) is 16.8 Å². The minimum absolute atomic E-state index is 0.00306. The second-order valence-corrected chi connectivity index (χ2v) is 6.09. The Balaban J connectivity index is 2.42. The third-order valence-corrected chi connectivity index (χ3v) is 4.35. The van der Waals surface area contributed by atoms with Crippen LogP contribution in [-0.4, -0.2) is 40.8 Å². The normalized spacial score (nSPS) is 22.5. The lowest BCUT2D eigenvalue weighted by Crippen LogP contribution is -2.29. The molecule has 1 aliphatic rings. The zero-order chi connectivity index (χ0) is 12.6. The predicted octanol–water partition coefficient (Wildman–Crippen LogP) is -0.699. The zero-order valence-corrected chi connectivity index (χ0v) is 9.55. The number of aromatic carboxylic acids is 1. The van der Waals surface area contributed by atoms with Gasteiger partial charge in [0.05, 0.1) is 17.5 Å². The predicted molar refractivity (Wildman–Crippen MR) is 57.8 cm³/mol. The maximum Gasteiger partial charge on any atom is 0.356 e. The fourth-order valence-corrected chi connectivity index (χ4v) is 3.46. The summed E-state index contributed by atoms with van der Waals surface area (Å²) < 4.78 is 23.5. The number of aromatic nitrogens is 2. The molecule has 17 heavy (non-hydrogen) atoms. The van der Waals surface area contributed by atoms with Gasteiger partial charge in [-0.25, -0.2) is 17.9 Å². The van der Waals surface area contributed by atoms with E-state index >= 15 is 0 Å². The maximum absolute atomic E-state index is 11.5. The van der Waals surface area contributed by atoms with Crippen LogP contribution >= 0.6 is 0 Å². The standard InChI is InChI=1S/C9H10N2O5S/c12-8-2-1-7(9(13)14)10-11(8)6-3-4-17(15,16)5-6/h1-2,6H,3-5H2,(H,13,14). The molecular weight excluding hydrogens is 248 g/mol. The van der Waals surface area contributed by atoms with Crippen molar-refractivity contribution in [3.05, 3.63) is 28.2 Å². The summed E-state index contributed by atoms with van der Waals surface area (Å²) in [5.41, 5.74) is -0.758. The Bertz CT molecular complexity index is 619. The summed E-state index contributed by atoms with van der Waals surface area (Å²) in [6.07, 6.45) is 0.290. The molecule has 2 rings (SSSR count). The fourth-order valence-electron chi connectivity index (χ4n) is 1.77. The smallest absolute Gasteiger partial charge is 0.356 e. The molecule has 92 valence electrons. The topological polar surface area (TPSA) is 106 Å². The summed E-state index contributed by atoms with van der Waals surface area (Å²) in [4.78, 5) is 22.2. The maximum atomic E-state index is 11.5. The lowest BCUT2D eigenvalue weighted by molar-refractivity contribution is 0.0687. The van der Waals surface area contributed by atoms with Gasteiger partial charge < -0.3 is 5.11 Å². The fraction of sp³-hybridized carbons (Fsp3) is 0.444. The van der Waals surface area contributed by atoms with E-state index in [9.17, 15) is 18.0 Å². The van der Waals surface area contributed by atoms with E-state index in [2.05, 4.69) is 5.10 Å². The van der Waals surface area contributed by atoms with Crippen molar-refractivity contribution in [1.29, 1.82) is 0 Å². The minimum atomic E-state index is -3.14. The van der Waals surface area contributed by atoms with Crippen molar-refractivity contribution < 1.29 is 18.3 Å². The summed E-state index contributed by atoms with van der Waals surface area (Å²) in [5.74, 6) is -1.41. The van der Waals surface area contributed by atoms with Crippen molar-refractivity contribution in [1.82, 2.24) is 9.78 Å². The summed E-state index contributed by atoms with van der Waals surface area (Å²) >= 11 is 0. The highest BCUT2D eigenvalue weighted by molar-refractivity contribution is 7.91. The van der Waals surface area contributed by atoms with E-state index in [1.54, 1.807) is 0 Å². The van der Waals surface area contributed by atoms with Crippen LogP contribution in [0.15, 0.2) is 16.9 Å². The van der Waals surface area contributed by atoms with Gasteiger partial charge in [0.1, 0.15) is 0 Å². The molecule has 1 N–H and O–H groups in total. The molecule has 0 saturated carbocycles. The highest BCUT2D eigenvalue weighted by Crippen LogP contribution is 2.21. The molecule has 0 aromatic carbocycles. The summed E-state index contributed by atoms with van der Waals surface area (Å²) in [6.45, 7) is 0. The van der Waals surface area contributed by atoms with Gasteiger partial charge in [-0.15, -0.1) is 0 Å². The highest BCUT2D eigenvalue weighted by atomic mass is 32.2. The molecule has 1 aromatic heterocycles. The van der Waals surface area contributed by atoms with Crippen LogP contribution in [0.25, 0.3) is 0 Å². The van der Waals surface area contributed by atoms with Crippen LogP contribution in [0.2, 0.25) is 0 Å². The molecule has 1 fully saturated rings. The Kier molecular flexibility index (Phi) is 2.74. The van der Waals surface area contributed by atoms with Crippen LogP contribution in [-0.2, 0) is 9.84 Å². The molecule has 0 amide bonds. The number of carboxylic acids is 1. The summed E-state index contributed by atoms with van der Waals surface area (Å²) in [6, 6.07) is 1.62. The van der Waals surface area contributed by atoms with E-state index in [0.29, 0.717) is 0 Å². The Labute approximate surface area is 96.6 Å². The van der Waals surface area contributed by atoms with Gasteiger partial charge >= 0.3 is 5.97 Å². The molecule has 1 aliphatic heterocycles. The van der Waals surface area contributed by atoms with E-state index in [-0.39, 0.29) is 23.6 Å².